The van der Waals surface area contributed by atoms with Crippen molar-refractivity contribution in [3.05, 3.63) is 103 Å². The highest BCUT2D eigenvalue weighted by molar-refractivity contribution is 9.10. The first-order chi connectivity index (χ1) is 14.8. The van der Waals surface area contributed by atoms with Gasteiger partial charge in [0.15, 0.2) is 0 Å². The third-order valence-corrected chi connectivity index (χ3v) is 4.45. The number of hydrogen-bond acceptors (Lipinski definition) is 8. The average Bonchev–Trinajstić information content (AvgIpc) is 2.76. The van der Waals surface area contributed by atoms with Gasteiger partial charge in [0.05, 0.1) is 27.7 Å². The summed E-state index contributed by atoms with van der Waals surface area (Å²) < 4.78 is 6.12. The number of benzene rings is 3. The van der Waals surface area contributed by atoms with Gasteiger partial charge in [-0.3, -0.25) is 25.7 Å². The smallest absolute Gasteiger partial charge is 0.343 e. The number of nitrogens with one attached hydrogen (secondary N) is 1. The van der Waals surface area contributed by atoms with Gasteiger partial charge in [0.2, 0.25) is 0 Å². The molecule has 0 radical (unpaired) electrons. The van der Waals surface area contributed by atoms with Gasteiger partial charge in [-0.2, -0.15) is 5.10 Å². The molecule has 0 fully saturated rings. The molecule has 3 aromatic carbocycles. The Balaban J connectivity index is 1.83. The lowest BCUT2D eigenvalue weighted by molar-refractivity contribution is -0.393. The van der Waals surface area contributed by atoms with Crippen molar-refractivity contribution in [2.45, 2.75) is 0 Å². The first-order valence-corrected chi connectivity index (χ1v) is 9.43. The third kappa shape index (κ3) is 5.48. The number of nitro groups is 2. The van der Waals surface area contributed by atoms with Crippen molar-refractivity contribution >= 4 is 45.2 Å². The largest absolute Gasteiger partial charge is 0.422 e. The van der Waals surface area contributed by atoms with Crippen LogP contribution in [0.3, 0.4) is 0 Å². The number of carbonyl (C=O) groups excluding carboxylic acids is 1. The summed E-state index contributed by atoms with van der Waals surface area (Å²) in [6.07, 6.45) is 1.31. The quantitative estimate of drug-likeness (QED) is 0.165. The second-order valence-electron chi connectivity index (χ2n) is 6.02. The Morgan fingerprint density at radius 2 is 1.74 bits per heavy atom. The predicted molar refractivity (Wildman–Crippen MR) is 117 cm³/mol. The van der Waals surface area contributed by atoms with Crippen LogP contribution in [0.15, 0.2) is 76.3 Å². The Labute approximate surface area is 183 Å². The van der Waals surface area contributed by atoms with E-state index in [0.717, 1.165) is 12.1 Å². The van der Waals surface area contributed by atoms with Gasteiger partial charge in [-0.1, -0.05) is 34.1 Å². The third-order valence-electron chi connectivity index (χ3n) is 3.96. The van der Waals surface area contributed by atoms with E-state index < -0.39 is 27.2 Å². The predicted octanol–water partition coefficient (Wildman–Crippen LogP) is 4.93. The van der Waals surface area contributed by atoms with Gasteiger partial charge in [0.25, 0.3) is 5.69 Å². The number of carbonyl (C=O) groups is 1. The van der Waals surface area contributed by atoms with Gasteiger partial charge >= 0.3 is 11.7 Å². The first kappa shape index (κ1) is 21.6. The van der Waals surface area contributed by atoms with E-state index in [1.807, 2.05) is 0 Å². The first-order valence-electron chi connectivity index (χ1n) is 8.64. The normalized spacial score (nSPS) is 10.6. The molecular weight excluding hydrogens is 472 g/mol. The molecule has 3 rings (SSSR count). The molecule has 0 aliphatic carbocycles. The van der Waals surface area contributed by atoms with E-state index >= 15 is 0 Å². The van der Waals surface area contributed by atoms with Crippen LogP contribution in [-0.4, -0.2) is 22.0 Å². The van der Waals surface area contributed by atoms with Crippen LogP contribution >= 0.6 is 15.9 Å². The molecule has 0 aliphatic heterocycles. The molecule has 0 saturated heterocycles. The fraction of sp³-hybridized carbons (Fsp3) is 0. The van der Waals surface area contributed by atoms with Crippen LogP contribution in [-0.2, 0) is 0 Å². The highest BCUT2D eigenvalue weighted by atomic mass is 79.9. The van der Waals surface area contributed by atoms with Gasteiger partial charge in [-0.15, -0.1) is 0 Å². The summed E-state index contributed by atoms with van der Waals surface area (Å²) in [5.74, 6) is -0.336. The zero-order valence-electron chi connectivity index (χ0n) is 15.6. The van der Waals surface area contributed by atoms with E-state index in [4.69, 9.17) is 4.74 Å². The molecule has 0 aliphatic rings. The summed E-state index contributed by atoms with van der Waals surface area (Å²) in [6, 6.07) is 16.5. The second-order valence-corrected chi connectivity index (χ2v) is 6.94. The highest BCUT2D eigenvalue weighted by Gasteiger charge is 2.19. The van der Waals surface area contributed by atoms with Crippen molar-refractivity contribution in [2.24, 2.45) is 5.10 Å². The molecule has 156 valence electrons. The van der Waals surface area contributed by atoms with Crippen LogP contribution in [0.25, 0.3) is 0 Å². The maximum absolute atomic E-state index is 12.3. The fourth-order valence-corrected chi connectivity index (χ4v) is 2.88. The van der Waals surface area contributed by atoms with Crippen LogP contribution in [0, 0.1) is 20.2 Å². The van der Waals surface area contributed by atoms with Crippen molar-refractivity contribution < 1.29 is 19.4 Å². The molecule has 3 aromatic rings. The molecule has 0 amide bonds. The van der Waals surface area contributed by atoms with Crippen molar-refractivity contribution in [3.8, 4) is 5.75 Å². The van der Waals surface area contributed by atoms with Crippen molar-refractivity contribution in [2.75, 3.05) is 5.43 Å². The minimum Gasteiger partial charge on any atom is -0.422 e. The SMILES string of the molecule is O=C(Oc1ccc(Br)cc1/C=N\Nc1ccc([N+](=O)[O-])cc1[N+](=O)[O-])c1ccccc1. The minimum atomic E-state index is -0.753. The van der Waals surface area contributed by atoms with Crippen LogP contribution in [0.1, 0.15) is 15.9 Å². The molecular formula is C20H13BrN4O6. The molecule has 10 nitrogen and oxygen atoms in total. The summed E-state index contributed by atoms with van der Waals surface area (Å²) in [5, 5.41) is 26.0. The number of esters is 1. The molecule has 1 N–H and O–H groups in total. The maximum Gasteiger partial charge on any atom is 0.343 e. The minimum absolute atomic E-state index is 0.0373. The van der Waals surface area contributed by atoms with Crippen molar-refractivity contribution in [1.29, 1.82) is 0 Å². The fourth-order valence-electron chi connectivity index (χ4n) is 2.50. The van der Waals surface area contributed by atoms with Gasteiger partial charge < -0.3 is 4.74 Å². The Kier molecular flexibility index (Phi) is 6.67. The summed E-state index contributed by atoms with van der Waals surface area (Å²) in [7, 11) is 0. The standard InChI is InChI=1S/C20H13BrN4O6/c21-15-6-9-19(31-20(26)13-4-2-1-3-5-13)14(10-15)12-22-23-17-8-7-16(24(27)28)11-18(17)25(29)30/h1-12,23H/b22-12-. The second kappa shape index (κ2) is 9.59. The summed E-state index contributed by atoms with van der Waals surface area (Å²) in [5.41, 5.74) is 2.32. The molecule has 0 spiro atoms. The van der Waals surface area contributed by atoms with E-state index in [0.29, 0.717) is 15.6 Å². The van der Waals surface area contributed by atoms with Crippen molar-refractivity contribution in [1.82, 2.24) is 0 Å². The number of anilines is 1. The number of hydrazone groups is 1. The molecule has 0 aromatic heterocycles. The monoisotopic (exact) mass is 484 g/mol. The topological polar surface area (TPSA) is 137 Å². The lowest BCUT2D eigenvalue weighted by Gasteiger charge is -2.08. The van der Waals surface area contributed by atoms with E-state index in [-0.39, 0.29) is 11.4 Å². The van der Waals surface area contributed by atoms with Crippen LogP contribution in [0.4, 0.5) is 17.1 Å². The number of halogens is 1. The molecule has 0 heterocycles. The van der Waals surface area contributed by atoms with E-state index in [1.54, 1.807) is 48.5 Å². The number of nitro benzene ring substituents is 2. The number of nitrogens with zero attached hydrogens (tertiary/aromatic N) is 3. The summed E-state index contributed by atoms with van der Waals surface area (Å²) in [4.78, 5) is 32.9. The zero-order chi connectivity index (χ0) is 22.4. The highest BCUT2D eigenvalue weighted by Crippen LogP contribution is 2.29. The molecule has 11 heteroatoms. The summed E-state index contributed by atoms with van der Waals surface area (Å²) in [6.45, 7) is 0. The Hall–Kier alpha value is -4.12. The van der Waals surface area contributed by atoms with Gasteiger partial charge in [0.1, 0.15) is 11.4 Å². The average molecular weight is 485 g/mol. The summed E-state index contributed by atoms with van der Waals surface area (Å²) >= 11 is 3.32. The van der Waals surface area contributed by atoms with E-state index in [9.17, 15) is 25.0 Å². The number of rotatable bonds is 7. The van der Waals surface area contributed by atoms with Gasteiger partial charge in [-0.25, -0.2) is 4.79 Å². The van der Waals surface area contributed by atoms with Gasteiger partial charge in [0, 0.05) is 16.1 Å². The lowest BCUT2D eigenvalue weighted by atomic mass is 10.2. The molecule has 0 unspecified atom stereocenters. The zero-order valence-corrected chi connectivity index (χ0v) is 17.2. The Morgan fingerprint density at radius 1 is 1.00 bits per heavy atom. The number of non-ortho nitro benzene ring substituents is 1. The van der Waals surface area contributed by atoms with Crippen LogP contribution in [0.2, 0.25) is 0 Å². The molecule has 0 atom stereocenters. The Bertz CT molecular complexity index is 1180. The Morgan fingerprint density at radius 3 is 2.42 bits per heavy atom. The maximum atomic E-state index is 12.3. The molecule has 31 heavy (non-hydrogen) atoms. The van der Waals surface area contributed by atoms with Crippen molar-refractivity contribution in [3.63, 3.8) is 0 Å². The van der Waals surface area contributed by atoms with E-state index in [1.165, 1.54) is 12.3 Å². The lowest BCUT2D eigenvalue weighted by Crippen LogP contribution is -2.09. The van der Waals surface area contributed by atoms with Crippen LogP contribution < -0.4 is 10.2 Å². The van der Waals surface area contributed by atoms with E-state index in [2.05, 4.69) is 26.5 Å². The molecule has 0 bridgehead atoms. The number of hydrogen-bond donors (Lipinski definition) is 1. The number of ether oxygens (including phenoxy) is 1. The molecule has 0 saturated carbocycles. The van der Waals surface area contributed by atoms with Gasteiger partial charge in [-0.05, 0) is 36.4 Å². The van der Waals surface area contributed by atoms with Crippen LogP contribution in [0.5, 0.6) is 5.75 Å².